The zero-order chi connectivity index (χ0) is 17.7. The van der Waals surface area contributed by atoms with Gasteiger partial charge in [-0.25, -0.2) is 4.79 Å². The van der Waals surface area contributed by atoms with E-state index in [0.29, 0.717) is 6.54 Å². The zero-order valence-electron chi connectivity index (χ0n) is 15.0. The molecule has 2 amide bonds. The minimum Gasteiger partial charge on any atom is -0.378 e. The van der Waals surface area contributed by atoms with Crippen molar-refractivity contribution in [2.45, 2.75) is 13.0 Å². The Morgan fingerprint density at radius 2 is 1.96 bits per heavy atom. The second kappa shape index (κ2) is 8.17. The maximum atomic E-state index is 12.2. The standard InChI is InChI=1S/C18H26N4OS/c1-13-11-14(21(2)3)8-9-15(13)20-18(23)19-12-16(22(4)5)17-7-6-10-24-17/h6-11,16H,12H2,1-5H3,(H2,19,20,23). The minimum absolute atomic E-state index is 0.174. The summed E-state index contributed by atoms with van der Waals surface area (Å²) in [6, 6.07) is 10.1. The van der Waals surface area contributed by atoms with Crippen LogP contribution in [-0.4, -0.2) is 45.7 Å². The fraction of sp³-hybridized carbons (Fsp3) is 0.389. The van der Waals surface area contributed by atoms with Crippen LogP contribution in [0.5, 0.6) is 0 Å². The van der Waals surface area contributed by atoms with Gasteiger partial charge in [0.2, 0.25) is 0 Å². The van der Waals surface area contributed by atoms with E-state index in [1.54, 1.807) is 11.3 Å². The van der Waals surface area contributed by atoms with Crippen molar-refractivity contribution in [2.75, 3.05) is 45.0 Å². The molecule has 0 bridgehead atoms. The molecule has 2 aromatic rings. The Kier molecular flexibility index (Phi) is 6.23. The molecule has 0 spiro atoms. The molecule has 24 heavy (non-hydrogen) atoms. The summed E-state index contributed by atoms with van der Waals surface area (Å²) in [4.78, 5) is 17.6. The molecule has 0 aliphatic carbocycles. The summed E-state index contributed by atoms with van der Waals surface area (Å²) in [5.74, 6) is 0. The molecular formula is C18H26N4OS. The molecule has 2 N–H and O–H groups in total. The van der Waals surface area contributed by atoms with Crippen molar-refractivity contribution >= 4 is 28.7 Å². The average molecular weight is 347 g/mol. The number of amides is 2. The first-order chi connectivity index (χ1) is 11.4. The summed E-state index contributed by atoms with van der Waals surface area (Å²) >= 11 is 1.70. The summed E-state index contributed by atoms with van der Waals surface area (Å²) in [6.07, 6.45) is 0. The van der Waals surface area contributed by atoms with Crippen LogP contribution in [0.2, 0.25) is 0 Å². The Balaban J connectivity index is 1.95. The van der Waals surface area contributed by atoms with Crippen LogP contribution in [0, 0.1) is 6.92 Å². The smallest absolute Gasteiger partial charge is 0.319 e. The van der Waals surface area contributed by atoms with Crippen LogP contribution in [0.25, 0.3) is 0 Å². The summed E-state index contributed by atoms with van der Waals surface area (Å²) in [5.41, 5.74) is 2.98. The molecule has 2 rings (SSSR count). The van der Waals surface area contributed by atoms with E-state index in [4.69, 9.17) is 0 Å². The zero-order valence-corrected chi connectivity index (χ0v) is 15.8. The van der Waals surface area contributed by atoms with E-state index in [1.807, 2.05) is 58.2 Å². The largest absolute Gasteiger partial charge is 0.378 e. The van der Waals surface area contributed by atoms with Crippen LogP contribution in [-0.2, 0) is 0 Å². The molecule has 5 nitrogen and oxygen atoms in total. The van der Waals surface area contributed by atoms with Crippen LogP contribution < -0.4 is 15.5 Å². The lowest BCUT2D eigenvalue weighted by atomic mass is 10.1. The monoisotopic (exact) mass is 346 g/mol. The number of carbonyl (C=O) groups is 1. The quantitative estimate of drug-likeness (QED) is 0.841. The lowest BCUT2D eigenvalue weighted by molar-refractivity contribution is 0.244. The number of anilines is 2. The Bertz CT molecular complexity index is 668. The van der Waals surface area contributed by atoms with Gasteiger partial charge in [-0.2, -0.15) is 0 Å². The van der Waals surface area contributed by atoms with Gasteiger partial charge in [0.1, 0.15) is 0 Å². The van der Waals surface area contributed by atoms with Gasteiger partial charge in [0.15, 0.2) is 0 Å². The van der Waals surface area contributed by atoms with Crippen molar-refractivity contribution in [1.29, 1.82) is 0 Å². The number of thiophene rings is 1. The van der Waals surface area contributed by atoms with Gasteiger partial charge in [-0.15, -0.1) is 11.3 Å². The predicted molar refractivity (Wildman–Crippen MR) is 103 cm³/mol. The van der Waals surface area contributed by atoms with Crippen molar-refractivity contribution in [3.05, 3.63) is 46.2 Å². The molecule has 0 aliphatic heterocycles. The van der Waals surface area contributed by atoms with Gasteiger partial charge >= 0.3 is 6.03 Å². The Hall–Kier alpha value is -2.05. The van der Waals surface area contributed by atoms with Crippen LogP contribution in [0.15, 0.2) is 35.7 Å². The van der Waals surface area contributed by atoms with Crippen molar-refractivity contribution in [3.8, 4) is 0 Å². The van der Waals surface area contributed by atoms with Gasteiger partial charge in [0.05, 0.1) is 6.04 Å². The predicted octanol–water partition coefficient (Wildman–Crippen LogP) is 3.55. The molecule has 0 radical (unpaired) electrons. The Morgan fingerprint density at radius 3 is 2.50 bits per heavy atom. The van der Waals surface area contributed by atoms with E-state index in [9.17, 15) is 4.79 Å². The second-order valence-electron chi connectivity index (χ2n) is 6.22. The van der Waals surface area contributed by atoms with Gasteiger partial charge in [0, 0.05) is 36.9 Å². The molecule has 1 atom stereocenters. The molecule has 1 heterocycles. The fourth-order valence-corrected chi connectivity index (χ4v) is 3.36. The first-order valence-electron chi connectivity index (χ1n) is 7.91. The Labute approximate surface area is 148 Å². The normalized spacial score (nSPS) is 12.1. The molecule has 1 aromatic heterocycles. The number of hydrogen-bond donors (Lipinski definition) is 2. The van der Waals surface area contributed by atoms with E-state index < -0.39 is 0 Å². The molecule has 130 valence electrons. The second-order valence-corrected chi connectivity index (χ2v) is 7.20. The summed E-state index contributed by atoms with van der Waals surface area (Å²) in [7, 11) is 8.04. The number of likely N-dealkylation sites (N-methyl/N-ethyl adjacent to an activating group) is 1. The molecule has 0 fully saturated rings. The van der Waals surface area contributed by atoms with Gasteiger partial charge in [-0.05, 0) is 56.2 Å². The molecule has 0 aliphatic rings. The highest BCUT2D eigenvalue weighted by atomic mass is 32.1. The highest BCUT2D eigenvalue weighted by molar-refractivity contribution is 7.10. The third kappa shape index (κ3) is 4.72. The number of aryl methyl sites for hydroxylation is 1. The maximum Gasteiger partial charge on any atom is 0.319 e. The lowest BCUT2D eigenvalue weighted by Gasteiger charge is -2.23. The van der Waals surface area contributed by atoms with Gasteiger partial charge in [0.25, 0.3) is 0 Å². The molecule has 0 saturated heterocycles. The van der Waals surface area contributed by atoms with Gasteiger partial charge in [-0.1, -0.05) is 6.07 Å². The SMILES string of the molecule is Cc1cc(N(C)C)ccc1NC(=O)NCC(c1cccs1)N(C)C. The average Bonchev–Trinajstić information content (AvgIpc) is 3.03. The third-order valence-electron chi connectivity index (χ3n) is 3.93. The van der Waals surface area contributed by atoms with Crippen molar-refractivity contribution < 1.29 is 4.79 Å². The molecule has 0 saturated carbocycles. The summed E-state index contributed by atoms with van der Waals surface area (Å²) in [6.45, 7) is 2.56. The first-order valence-corrected chi connectivity index (χ1v) is 8.79. The van der Waals surface area contributed by atoms with Crippen molar-refractivity contribution in [2.24, 2.45) is 0 Å². The van der Waals surface area contributed by atoms with E-state index in [1.165, 1.54) is 4.88 Å². The summed E-state index contributed by atoms with van der Waals surface area (Å²) < 4.78 is 0. The van der Waals surface area contributed by atoms with E-state index in [0.717, 1.165) is 16.9 Å². The van der Waals surface area contributed by atoms with E-state index in [-0.39, 0.29) is 12.1 Å². The Morgan fingerprint density at radius 1 is 1.21 bits per heavy atom. The minimum atomic E-state index is -0.181. The number of nitrogens with one attached hydrogen (secondary N) is 2. The van der Waals surface area contributed by atoms with Crippen LogP contribution in [0.3, 0.4) is 0 Å². The first kappa shape index (κ1) is 18.3. The van der Waals surface area contributed by atoms with Gasteiger partial charge in [-0.3, -0.25) is 0 Å². The number of hydrogen-bond acceptors (Lipinski definition) is 4. The molecule has 1 unspecified atom stereocenters. The maximum absolute atomic E-state index is 12.2. The molecular weight excluding hydrogens is 320 g/mol. The van der Waals surface area contributed by atoms with Crippen LogP contribution in [0.4, 0.5) is 16.2 Å². The summed E-state index contributed by atoms with van der Waals surface area (Å²) in [5, 5.41) is 7.96. The number of urea groups is 1. The number of benzene rings is 1. The highest BCUT2D eigenvalue weighted by Gasteiger charge is 2.16. The van der Waals surface area contributed by atoms with Gasteiger partial charge < -0.3 is 20.4 Å². The number of nitrogens with zero attached hydrogens (tertiary/aromatic N) is 2. The van der Waals surface area contributed by atoms with E-state index >= 15 is 0 Å². The van der Waals surface area contributed by atoms with Crippen LogP contribution >= 0.6 is 11.3 Å². The molecule has 6 heteroatoms. The topological polar surface area (TPSA) is 47.6 Å². The van der Waals surface area contributed by atoms with Crippen LogP contribution in [0.1, 0.15) is 16.5 Å². The highest BCUT2D eigenvalue weighted by Crippen LogP contribution is 2.23. The molecule has 1 aromatic carbocycles. The third-order valence-corrected chi connectivity index (χ3v) is 4.90. The van der Waals surface area contributed by atoms with Crippen molar-refractivity contribution in [3.63, 3.8) is 0 Å². The fourth-order valence-electron chi connectivity index (χ4n) is 2.44. The number of carbonyl (C=O) groups excluding carboxylic acids is 1. The van der Waals surface area contributed by atoms with Crippen molar-refractivity contribution in [1.82, 2.24) is 10.2 Å². The van der Waals surface area contributed by atoms with E-state index in [2.05, 4.69) is 33.0 Å². The lowest BCUT2D eigenvalue weighted by Crippen LogP contribution is -2.36. The number of rotatable bonds is 6.